The summed E-state index contributed by atoms with van der Waals surface area (Å²) < 4.78 is 17.2. The monoisotopic (exact) mass is 684 g/mol. The second kappa shape index (κ2) is 18.1. The molecular weight excluding hydrogens is 636 g/mol. The number of piperidine rings is 1. The highest BCUT2D eigenvalue weighted by Gasteiger charge is 2.32. The molecule has 0 spiro atoms. The number of nitrogens with one attached hydrogen (secondary N) is 3. The van der Waals surface area contributed by atoms with Gasteiger partial charge in [-0.1, -0.05) is 48.5 Å². The lowest BCUT2D eigenvalue weighted by Crippen LogP contribution is -2.55. The van der Waals surface area contributed by atoms with Gasteiger partial charge < -0.3 is 35.1 Å². The minimum Gasteiger partial charge on any atom is -0.494 e. The van der Waals surface area contributed by atoms with E-state index in [-0.39, 0.29) is 43.7 Å². The topological polar surface area (TPSA) is 135 Å². The molecule has 4 bridgehead atoms. The van der Waals surface area contributed by atoms with Crippen molar-refractivity contribution in [2.45, 2.75) is 70.5 Å². The van der Waals surface area contributed by atoms with Crippen LogP contribution in [0.3, 0.4) is 0 Å². The SMILES string of the molecule is COc1ccccc1OCCC(=O)N[C@H]1CC(=O)N2CCCC(CCOc3ccc(C)c(c3)CNC(=O)[C@H](CCc3ccccc3)NC1=O)C2. The van der Waals surface area contributed by atoms with Crippen LogP contribution in [0.25, 0.3) is 0 Å². The third-order valence-corrected chi connectivity index (χ3v) is 9.32. The van der Waals surface area contributed by atoms with Crippen LogP contribution in [0.15, 0.2) is 72.8 Å². The van der Waals surface area contributed by atoms with Crippen LogP contribution in [0.4, 0.5) is 0 Å². The summed E-state index contributed by atoms with van der Waals surface area (Å²) in [7, 11) is 1.54. The number of hydrogen-bond donors (Lipinski definition) is 3. The van der Waals surface area contributed by atoms with Crippen LogP contribution >= 0.6 is 0 Å². The molecule has 11 heteroatoms. The van der Waals surface area contributed by atoms with E-state index in [9.17, 15) is 19.2 Å². The first-order valence-corrected chi connectivity index (χ1v) is 17.5. The molecule has 0 aliphatic carbocycles. The van der Waals surface area contributed by atoms with Crippen molar-refractivity contribution in [1.82, 2.24) is 20.9 Å². The van der Waals surface area contributed by atoms with Gasteiger partial charge in [0.05, 0.1) is 33.2 Å². The van der Waals surface area contributed by atoms with Crippen LogP contribution in [0.1, 0.15) is 55.2 Å². The van der Waals surface area contributed by atoms with Crippen molar-refractivity contribution >= 4 is 23.6 Å². The molecule has 50 heavy (non-hydrogen) atoms. The zero-order valence-electron chi connectivity index (χ0n) is 29.0. The van der Waals surface area contributed by atoms with Gasteiger partial charge in [0.25, 0.3) is 0 Å². The number of carbonyl (C=O) groups is 4. The van der Waals surface area contributed by atoms with Crippen LogP contribution < -0.4 is 30.2 Å². The number of rotatable bonds is 9. The summed E-state index contributed by atoms with van der Waals surface area (Å²) in [6.07, 6.45) is 3.17. The number of aryl methyl sites for hydroxylation is 2. The fourth-order valence-electron chi connectivity index (χ4n) is 6.37. The van der Waals surface area contributed by atoms with Crippen LogP contribution in [-0.2, 0) is 32.1 Å². The number of benzene rings is 3. The molecule has 3 atom stereocenters. The molecular formula is C39H48N4O7. The zero-order valence-corrected chi connectivity index (χ0v) is 29.0. The van der Waals surface area contributed by atoms with Gasteiger partial charge in [-0.05, 0) is 85.9 Å². The van der Waals surface area contributed by atoms with E-state index in [1.807, 2.05) is 61.5 Å². The highest BCUT2D eigenvalue weighted by molar-refractivity contribution is 5.95. The Morgan fingerprint density at radius 2 is 1.76 bits per heavy atom. The van der Waals surface area contributed by atoms with E-state index in [2.05, 4.69) is 16.0 Å². The Kier molecular flexibility index (Phi) is 13.1. The predicted octanol–water partition coefficient (Wildman–Crippen LogP) is 4.10. The van der Waals surface area contributed by atoms with Crippen LogP contribution in [0.2, 0.25) is 0 Å². The summed E-state index contributed by atoms with van der Waals surface area (Å²) in [5.41, 5.74) is 2.94. The largest absolute Gasteiger partial charge is 0.494 e. The third kappa shape index (κ3) is 10.5. The molecule has 1 unspecified atom stereocenters. The van der Waals surface area contributed by atoms with Gasteiger partial charge in [0.15, 0.2) is 11.5 Å². The van der Waals surface area contributed by atoms with E-state index in [1.54, 1.807) is 23.1 Å². The van der Waals surface area contributed by atoms with Crippen molar-refractivity contribution in [1.29, 1.82) is 0 Å². The first kappa shape index (κ1) is 36.2. The quantitative estimate of drug-likeness (QED) is 0.309. The lowest BCUT2D eigenvalue weighted by Gasteiger charge is -2.34. The van der Waals surface area contributed by atoms with Gasteiger partial charge in [-0.2, -0.15) is 0 Å². The van der Waals surface area contributed by atoms with Gasteiger partial charge in [-0.15, -0.1) is 0 Å². The van der Waals surface area contributed by atoms with Crippen molar-refractivity contribution in [2.75, 3.05) is 33.4 Å². The third-order valence-electron chi connectivity index (χ3n) is 9.32. The summed E-state index contributed by atoms with van der Waals surface area (Å²) in [6.45, 7) is 3.90. The smallest absolute Gasteiger partial charge is 0.243 e. The minimum absolute atomic E-state index is 0.0348. The average Bonchev–Trinajstić information content (AvgIpc) is 3.13. The van der Waals surface area contributed by atoms with Gasteiger partial charge >= 0.3 is 0 Å². The number of nitrogens with zero attached hydrogens (tertiary/aromatic N) is 1. The van der Waals surface area contributed by atoms with Gasteiger partial charge in [0.1, 0.15) is 17.8 Å². The number of ether oxygens (including phenoxy) is 3. The van der Waals surface area contributed by atoms with Crippen LogP contribution in [0.5, 0.6) is 17.2 Å². The molecule has 5 rings (SSSR count). The Morgan fingerprint density at radius 1 is 0.980 bits per heavy atom. The van der Waals surface area contributed by atoms with E-state index in [0.717, 1.165) is 41.7 Å². The average molecular weight is 685 g/mol. The second-order valence-corrected chi connectivity index (χ2v) is 13.0. The molecule has 1 saturated heterocycles. The normalized spacial score (nSPS) is 20.3. The molecule has 2 aliphatic rings. The number of carbonyl (C=O) groups excluding carboxylic acids is 4. The van der Waals surface area contributed by atoms with Gasteiger partial charge in [0.2, 0.25) is 23.6 Å². The molecule has 2 heterocycles. The molecule has 0 radical (unpaired) electrons. The van der Waals surface area contributed by atoms with Crippen LogP contribution in [0, 0.1) is 12.8 Å². The predicted molar refractivity (Wildman–Crippen MR) is 189 cm³/mol. The lowest BCUT2D eigenvalue weighted by molar-refractivity contribution is -0.138. The Balaban J connectivity index is 1.35. The Morgan fingerprint density at radius 3 is 2.56 bits per heavy atom. The summed E-state index contributed by atoms with van der Waals surface area (Å²) in [5, 5.41) is 8.64. The fourth-order valence-corrected chi connectivity index (χ4v) is 6.37. The number of fused-ring (bicyclic) bond motifs is 4. The lowest BCUT2D eigenvalue weighted by atomic mass is 9.94. The van der Waals surface area contributed by atoms with Crippen molar-refractivity contribution in [3.63, 3.8) is 0 Å². The molecule has 3 aromatic carbocycles. The molecule has 266 valence electrons. The highest BCUT2D eigenvalue weighted by Crippen LogP contribution is 2.26. The summed E-state index contributed by atoms with van der Waals surface area (Å²) in [5.74, 6) is 0.383. The Labute approximate surface area is 294 Å². The molecule has 0 saturated carbocycles. The van der Waals surface area contributed by atoms with Crippen molar-refractivity contribution in [3.05, 3.63) is 89.5 Å². The van der Waals surface area contributed by atoms with Gasteiger partial charge in [-0.25, -0.2) is 0 Å². The maximum Gasteiger partial charge on any atom is 0.243 e. The van der Waals surface area contributed by atoms with E-state index >= 15 is 0 Å². The van der Waals surface area contributed by atoms with Crippen molar-refractivity contribution in [2.24, 2.45) is 5.92 Å². The standard InChI is InChI=1S/C39H48N4O7/c1-27-14-16-31-23-30(27)25-40-38(46)32(17-15-28-9-4-3-5-10-28)42-39(47)33(24-37(45)43-20-8-11-29(26-43)18-21-49-31)41-36(44)19-22-50-35-13-7-6-12-34(35)48-2/h3-7,9-10,12-14,16,23,29,32-33H,8,11,15,17-22,24-26H2,1-2H3,(H,40,46)(H,41,44)(H,42,47)/t29?,32-,33-/m0/s1. The summed E-state index contributed by atoms with van der Waals surface area (Å²) >= 11 is 0. The number of hydrogen-bond acceptors (Lipinski definition) is 7. The van der Waals surface area contributed by atoms with E-state index in [0.29, 0.717) is 44.0 Å². The Bertz CT molecular complexity index is 1610. The molecule has 11 nitrogen and oxygen atoms in total. The molecule has 4 amide bonds. The van der Waals surface area contributed by atoms with Gasteiger partial charge in [-0.3, -0.25) is 19.2 Å². The minimum atomic E-state index is -1.19. The summed E-state index contributed by atoms with van der Waals surface area (Å²) in [6, 6.07) is 20.6. The fraction of sp³-hybridized carbons (Fsp3) is 0.436. The van der Waals surface area contributed by atoms with E-state index in [4.69, 9.17) is 14.2 Å². The Hall–Kier alpha value is -5.06. The summed E-state index contributed by atoms with van der Waals surface area (Å²) in [4.78, 5) is 56.3. The molecule has 3 aromatic rings. The van der Waals surface area contributed by atoms with Gasteiger partial charge in [0, 0.05) is 19.6 Å². The zero-order chi connectivity index (χ0) is 35.3. The molecule has 0 aromatic heterocycles. The molecule has 1 fully saturated rings. The number of methoxy groups -OCH3 is 1. The van der Waals surface area contributed by atoms with Crippen molar-refractivity contribution in [3.8, 4) is 17.2 Å². The molecule has 2 aliphatic heterocycles. The number of amides is 4. The van der Waals surface area contributed by atoms with E-state index < -0.39 is 23.9 Å². The highest BCUT2D eigenvalue weighted by atomic mass is 16.5. The first-order chi connectivity index (χ1) is 24.3. The van der Waals surface area contributed by atoms with E-state index in [1.165, 1.54) is 7.11 Å². The molecule has 3 N–H and O–H groups in total. The first-order valence-electron chi connectivity index (χ1n) is 17.5. The maximum absolute atomic E-state index is 14.0. The van der Waals surface area contributed by atoms with Crippen LogP contribution in [-0.4, -0.2) is 74.0 Å². The number of para-hydroxylation sites is 2. The van der Waals surface area contributed by atoms with Crippen molar-refractivity contribution < 1.29 is 33.4 Å². The second-order valence-electron chi connectivity index (χ2n) is 13.0. The maximum atomic E-state index is 14.0.